The Morgan fingerprint density at radius 3 is 2.70 bits per heavy atom. The molecule has 2 unspecified atom stereocenters. The Balaban J connectivity index is 2.18. The fourth-order valence-electron chi connectivity index (χ4n) is 3.29. The highest BCUT2D eigenvalue weighted by atomic mass is 16.6. The monoisotopic (exact) mass is 276 g/mol. The molecule has 0 aliphatic heterocycles. The molecule has 0 aromatic heterocycles. The predicted molar refractivity (Wildman–Crippen MR) is 82.0 cm³/mol. The van der Waals surface area contributed by atoms with E-state index in [-0.39, 0.29) is 10.6 Å². The summed E-state index contributed by atoms with van der Waals surface area (Å²) in [6.45, 7) is 8.80. The number of nitro benzene ring substituents is 1. The third kappa shape index (κ3) is 3.30. The second-order valence-electron chi connectivity index (χ2n) is 6.91. The lowest BCUT2D eigenvalue weighted by molar-refractivity contribution is -0.384. The largest absolute Gasteiger partial charge is 0.376 e. The highest BCUT2D eigenvalue weighted by molar-refractivity contribution is 5.63. The van der Waals surface area contributed by atoms with E-state index in [1.54, 1.807) is 12.1 Å². The van der Waals surface area contributed by atoms with E-state index in [1.807, 2.05) is 13.0 Å². The van der Waals surface area contributed by atoms with Crippen molar-refractivity contribution in [1.82, 2.24) is 0 Å². The molecular weight excluding hydrogens is 252 g/mol. The smallest absolute Gasteiger partial charge is 0.292 e. The van der Waals surface area contributed by atoms with Crippen LogP contribution in [0.15, 0.2) is 18.2 Å². The zero-order valence-electron chi connectivity index (χ0n) is 12.8. The molecule has 0 amide bonds. The van der Waals surface area contributed by atoms with E-state index >= 15 is 0 Å². The molecule has 1 saturated carbocycles. The number of nitro groups is 1. The minimum atomic E-state index is -0.306. The van der Waals surface area contributed by atoms with Gasteiger partial charge in [0, 0.05) is 12.1 Å². The maximum Gasteiger partial charge on any atom is 0.292 e. The average Bonchev–Trinajstić information content (AvgIpc) is 2.32. The molecule has 0 heterocycles. The zero-order chi connectivity index (χ0) is 14.9. The highest BCUT2D eigenvalue weighted by Gasteiger charge is 2.33. The highest BCUT2D eigenvalue weighted by Crippen LogP contribution is 2.40. The molecule has 1 aliphatic rings. The molecule has 4 nitrogen and oxygen atoms in total. The molecule has 4 heteroatoms. The van der Waals surface area contributed by atoms with Gasteiger partial charge in [0.2, 0.25) is 0 Å². The molecule has 20 heavy (non-hydrogen) atoms. The van der Waals surface area contributed by atoms with E-state index in [0.717, 1.165) is 24.8 Å². The van der Waals surface area contributed by atoms with Crippen molar-refractivity contribution in [3.8, 4) is 0 Å². The summed E-state index contributed by atoms with van der Waals surface area (Å²) in [6.07, 6.45) is 3.39. The van der Waals surface area contributed by atoms with Gasteiger partial charge < -0.3 is 5.32 Å². The summed E-state index contributed by atoms with van der Waals surface area (Å²) in [6, 6.07) is 5.58. The van der Waals surface area contributed by atoms with Gasteiger partial charge in [-0.05, 0) is 49.1 Å². The van der Waals surface area contributed by atoms with Gasteiger partial charge >= 0.3 is 0 Å². The van der Waals surface area contributed by atoms with Crippen LogP contribution in [-0.4, -0.2) is 11.0 Å². The molecule has 0 bridgehead atoms. The first-order valence-corrected chi connectivity index (χ1v) is 7.30. The Hall–Kier alpha value is -1.58. The van der Waals surface area contributed by atoms with Gasteiger partial charge in [0.1, 0.15) is 5.69 Å². The fraction of sp³-hybridized carbons (Fsp3) is 0.625. The molecule has 2 atom stereocenters. The molecular formula is C16H24N2O2. The molecule has 0 radical (unpaired) electrons. The van der Waals surface area contributed by atoms with E-state index in [0.29, 0.717) is 23.1 Å². The van der Waals surface area contributed by atoms with Crippen LogP contribution in [0.2, 0.25) is 0 Å². The van der Waals surface area contributed by atoms with Crippen molar-refractivity contribution in [2.75, 3.05) is 5.32 Å². The topological polar surface area (TPSA) is 55.2 Å². The Morgan fingerprint density at radius 1 is 1.40 bits per heavy atom. The number of aryl methyl sites for hydroxylation is 1. The quantitative estimate of drug-likeness (QED) is 0.652. The molecule has 1 N–H and O–H groups in total. The van der Waals surface area contributed by atoms with Gasteiger partial charge in [-0.25, -0.2) is 0 Å². The van der Waals surface area contributed by atoms with Gasteiger partial charge in [-0.15, -0.1) is 0 Å². The Morgan fingerprint density at radius 2 is 2.10 bits per heavy atom. The van der Waals surface area contributed by atoms with E-state index < -0.39 is 0 Å². The van der Waals surface area contributed by atoms with Crippen LogP contribution in [0.5, 0.6) is 0 Å². The van der Waals surface area contributed by atoms with Crippen molar-refractivity contribution in [2.24, 2.45) is 11.3 Å². The predicted octanol–water partition coefficient (Wildman–Crippen LogP) is 4.53. The Kier molecular flexibility index (Phi) is 4.02. The number of hydrogen-bond donors (Lipinski definition) is 1. The second-order valence-corrected chi connectivity index (χ2v) is 6.91. The Bertz CT molecular complexity index is 511. The maximum absolute atomic E-state index is 11.1. The van der Waals surface area contributed by atoms with Crippen LogP contribution < -0.4 is 5.32 Å². The summed E-state index contributed by atoms with van der Waals surface area (Å²) >= 11 is 0. The number of anilines is 1. The molecule has 1 aromatic carbocycles. The second kappa shape index (κ2) is 5.43. The fourth-order valence-corrected chi connectivity index (χ4v) is 3.29. The van der Waals surface area contributed by atoms with Gasteiger partial charge in [-0.3, -0.25) is 10.1 Å². The third-order valence-electron chi connectivity index (χ3n) is 4.38. The van der Waals surface area contributed by atoms with E-state index in [1.165, 1.54) is 0 Å². The van der Waals surface area contributed by atoms with Crippen molar-refractivity contribution in [2.45, 2.75) is 53.0 Å². The van der Waals surface area contributed by atoms with Crippen LogP contribution in [0.1, 0.15) is 45.6 Å². The minimum absolute atomic E-state index is 0.174. The Labute approximate surface area is 120 Å². The molecule has 0 saturated heterocycles. The van der Waals surface area contributed by atoms with Crippen LogP contribution in [0, 0.1) is 28.4 Å². The summed E-state index contributed by atoms with van der Waals surface area (Å²) in [5.41, 5.74) is 2.26. The van der Waals surface area contributed by atoms with Crippen molar-refractivity contribution in [1.29, 1.82) is 0 Å². The van der Waals surface area contributed by atoms with Crippen molar-refractivity contribution < 1.29 is 4.92 Å². The normalized spacial score (nSPS) is 25.2. The SMILES string of the molecule is Cc1ccc([N+](=O)[O-])c(NC2CCC(C)(C)CC2C)c1. The van der Waals surface area contributed by atoms with E-state index in [2.05, 4.69) is 26.1 Å². The van der Waals surface area contributed by atoms with Crippen LogP contribution >= 0.6 is 0 Å². The van der Waals surface area contributed by atoms with Gasteiger partial charge in [0.15, 0.2) is 0 Å². The number of nitrogens with zero attached hydrogens (tertiary/aromatic N) is 1. The summed E-state index contributed by atoms with van der Waals surface area (Å²) in [4.78, 5) is 10.8. The summed E-state index contributed by atoms with van der Waals surface area (Å²) in [7, 11) is 0. The minimum Gasteiger partial charge on any atom is -0.376 e. The molecule has 1 fully saturated rings. The van der Waals surface area contributed by atoms with Gasteiger partial charge in [-0.2, -0.15) is 0 Å². The van der Waals surface area contributed by atoms with Gasteiger partial charge in [0.25, 0.3) is 5.69 Å². The molecule has 1 aromatic rings. The number of benzene rings is 1. The van der Waals surface area contributed by atoms with Crippen molar-refractivity contribution in [3.05, 3.63) is 33.9 Å². The molecule has 2 rings (SSSR count). The lowest BCUT2D eigenvalue weighted by Crippen LogP contribution is -2.37. The van der Waals surface area contributed by atoms with E-state index in [4.69, 9.17) is 0 Å². The first-order valence-electron chi connectivity index (χ1n) is 7.30. The lowest BCUT2D eigenvalue weighted by atomic mass is 9.70. The number of rotatable bonds is 3. The molecule has 0 spiro atoms. The zero-order valence-corrected chi connectivity index (χ0v) is 12.8. The van der Waals surface area contributed by atoms with Gasteiger partial charge in [0.05, 0.1) is 4.92 Å². The first-order chi connectivity index (χ1) is 9.28. The number of nitrogens with one attached hydrogen (secondary N) is 1. The average molecular weight is 276 g/mol. The maximum atomic E-state index is 11.1. The van der Waals surface area contributed by atoms with Crippen LogP contribution in [0.25, 0.3) is 0 Å². The summed E-state index contributed by atoms with van der Waals surface area (Å²) < 4.78 is 0. The van der Waals surface area contributed by atoms with Crippen LogP contribution in [0.4, 0.5) is 11.4 Å². The van der Waals surface area contributed by atoms with E-state index in [9.17, 15) is 10.1 Å². The van der Waals surface area contributed by atoms with Crippen molar-refractivity contribution in [3.63, 3.8) is 0 Å². The van der Waals surface area contributed by atoms with Crippen LogP contribution in [-0.2, 0) is 0 Å². The van der Waals surface area contributed by atoms with Crippen molar-refractivity contribution >= 4 is 11.4 Å². The molecule has 1 aliphatic carbocycles. The lowest BCUT2D eigenvalue weighted by Gasteiger charge is -2.39. The van der Waals surface area contributed by atoms with Crippen LogP contribution in [0.3, 0.4) is 0 Å². The standard InChI is InChI=1S/C16H24N2O2/c1-11-5-6-15(18(19)20)14(9-11)17-13-7-8-16(3,4)10-12(13)2/h5-6,9,12-13,17H,7-8,10H2,1-4H3. The summed E-state index contributed by atoms with van der Waals surface area (Å²) in [5.74, 6) is 0.527. The molecule has 110 valence electrons. The third-order valence-corrected chi connectivity index (χ3v) is 4.38. The number of hydrogen-bond acceptors (Lipinski definition) is 3. The summed E-state index contributed by atoms with van der Waals surface area (Å²) in [5, 5.41) is 14.5. The van der Waals surface area contributed by atoms with Gasteiger partial charge in [-0.1, -0.05) is 26.8 Å². The first kappa shape index (κ1) is 14.8.